The Kier molecular flexibility index (Phi) is 2.96. The fourth-order valence-electron chi connectivity index (χ4n) is 2.75. The van der Waals surface area contributed by atoms with E-state index in [1.165, 1.54) is 30.8 Å². The smallest absolute Gasteiger partial charge is 0.0931 e. The summed E-state index contributed by atoms with van der Waals surface area (Å²) in [7, 11) is 0. The molecule has 3 rings (SSSR count). The Morgan fingerprint density at radius 2 is 2.38 bits per heavy atom. The molecule has 1 N–H and O–H groups in total. The van der Waals surface area contributed by atoms with E-state index in [-0.39, 0.29) is 5.41 Å². The Bertz CT molecular complexity index is 369. The normalized spacial score (nSPS) is 27.9. The highest BCUT2D eigenvalue weighted by atomic mass is 35.5. The molecule has 88 valence electrons. The van der Waals surface area contributed by atoms with Crippen LogP contribution in [0.3, 0.4) is 0 Å². The molecule has 2 aliphatic heterocycles. The number of hydrogen-bond acceptors (Lipinski definition) is 3. The molecule has 1 unspecified atom stereocenters. The molecule has 3 heterocycles. The molecule has 0 aromatic carbocycles. The van der Waals surface area contributed by atoms with Crippen molar-refractivity contribution in [1.82, 2.24) is 5.32 Å². The maximum atomic E-state index is 6.03. The maximum Gasteiger partial charge on any atom is 0.0931 e. The molecular weight excluding hydrogens is 242 g/mol. The summed E-state index contributed by atoms with van der Waals surface area (Å²) in [5.41, 5.74) is 0.272. The van der Waals surface area contributed by atoms with Crippen molar-refractivity contribution >= 4 is 22.9 Å². The SMILES string of the molecule is Clc1ccc(C2(CC3CCNC3)COC2)s1. The fraction of sp³-hybridized carbons (Fsp3) is 0.667. The monoisotopic (exact) mass is 257 g/mol. The lowest BCUT2D eigenvalue weighted by molar-refractivity contribution is -0.0687. The summed E-state index contributed by atoms with van der Waals surface area (Å²) in [6.45, 7) is 4.09. The van der Waals surface area contributed by atoms with E-state index in [0.717, 1.165) is 23.5 Å². The van der Waals surface area contributed by atoms with Gasteiger partial charge in [-0.2, -0.15) is 0 Å². The first-order chi connectivity index (χ1) is 7.78. The van der Waals surface area contributed by atoms with Gasteiger partial charge in [-0.05, 0) is 44.0 Å². The van der Waals surface area contributed by atoms with Crippen LogP contribution in [-0.2, 0) is 10.2 Å². The van der Waals surface area contributed by atoms with Crippen molar-refractivity contribution in [2.75, 3.05) is 26.3 Å². The predicted octanol–water partition coefficient (Wildman–Crippen LogP) is 2.67. The van der Waals surface area contributed by atoms with E-state index in [2.05, 4.69) is 11.4 Å². The van der Waals surface area contributed by atoms with Crippen LogP contribution in [0.2, 0.25) is 4.34 Å². The Morgan fingerprint density at radius 1 is 1.50 bits per heavy atom. The third-order valence-corrected chi connectivity index (χ3v) is 5.17. The molecule has 4 heteroatoms. The molecule has 2 aliphatic rings. The molecule has 2 saturated heterocycles. The second-order valence-corrected chi connectivity index (χ2v) is 6.65. The van der Waals surface area contributed by atoms with Crippen molar-refractivity contribution in [1.29, 1.82) is 0 Å². The van der Waals surface area contributed by atoms with Crippen molar-refractivity contribution in [2.45, 2.75) is 18.3 Å². The van der Waals surface area contributed by atoms with Crippen LogP contribution < -0.4 is 5.32 Å². The summed E-state index contributed by atoms with van der Waals surface area (Å²) < 4.78 is 6.35. The number of hydrogen-bond donors (Lipinski definition) is 1. The van der Waals surface area contributed by atoms with E-state index < -0.39 is 0 Å². The van der Waals surface area contributed by atoms with Gasteiger partial charge in [0.15, 0.2) is 0 Å². The van der Waals surface area contributed by atoms with Gasteiger partial charge < -0.3 is 10.1 Å². The van der Waals surface area contributed by atoms with Crippen LogP contribution in [0.5, 0.6) is 0 Å². The van der Waals surface area contributed by atoms with Gasteiger partial charge in [0, 0.05) is 4.88 Å². The topological polar surface area (TPSA) is 21.3 Å². The first kappa shape index (κ1) is 11.0. The highest BCUT2D eigenvalue weighted by molar-refractivity contribution is 7.16. The largest absolute Gasteiger partial charge is 0.379 e. The Hall–Kier alpha value is -0.0900. The zero-order valence-electron chi connectivity index (χ0n) is 9.17. The average Bonchev–Trinajstić information content (AvgIpc) is 2.82. The second-order valence-electron chi connectivity index (χ2n) is 4.94. The number of nitrogens with one attached hydrogen (secondary N) is 1. The average molecular weight is 258 g/mol. The highest BCUT2D eigenvalue weighted by Crippen LogP contribution is 2.43. The summed E-state index contributed by atoms with van der Waals surface area (Å²) in [5, 5.41) is 3.44. The summed E-state index contributed by atoms with van der Waals surface area (Å²) in [6, 6.07) is 4.19. The quantitative estimate of drug-likeness (QED) is 0.899. The number of rotatable bonds is 3. The number of halogens is 1. The fourth-order valence-corrected chi connectivity index (χ4v) is 3.96. The van der Waals surface area contributed by atoms with Gasteiger partial charge in [0.25, 0.3) is 0 Å². The molecule has 1 aromatic heterocycles. The maximum absolute atomic E-state index is 6.03. The van der Waals surface area contributed by atoms with Gasteiger partial charge in [-0.3, -0.25) is 0 Å². The molecule has 0 spiro atoms. The zero-order chi connectivity index (χ0) is 11.0. The molecule has 0 saturated carbocycles. The first-order valence-corrected chi connectivity index (χ1v) is 7.02. The highest BCUT2D eigenvalue weighted by Gasteiger charge is 2.43. The van der Waals surface area contributed by atoms with Gasteiger partial charge in [-0.25, -0.2) is 0 Å². The Labute approximate surface area is 105 Å². The summed E-state index contributed by atoms with van der Waals surface area (Å²) in [4.78, 5) is 1.41. The van der Waals surface area contributed by atoms with E-state index in [0.29, 0.717) is 0 Å². The molecule has 2 nitrogen and oxygen atoms in total. The van der Waals surface area contributed by atoms with E-state index in [1.807, 2.05) is 6.07 Å². The van der Waals surface area contributed by atoms with Crippen LogP contribution in [0, 0.1) is 5.92 Å². The predicted molar refractivity (Wildman–Crippen MR) is 67.4 cm³/mol. The van der Waals surface area contributed by atoms with Crippen LogP contribution in [0.15, 0.2) is 12.1 Å². The zero-order valence-corrected chi connectivity index (χ0v) is 10.7. The van der Waals surface area contributed by atoms with Crippen LogP contribution in [0.25, 0.3) is 0 Å². The van der Waals surface area contributed by atoms with Gasteiger partial charge in [0.05, 0.1) is 23.0 Å². The minimum atomic E-state index is 0.272. The van der Waals surface area contributed by atoms with Crippen LogP contribution >= 0.6 is 22.9 Å². The molecule has 0 amide bonds. The van der Waals surface area contributed by atoms with Gasteiger partial charge in [-0.15, -0.1) is 11.3 Å². The molecule has 0 radical (unpaired) electrons. The summed E-state index contributed by atoms with van der Waals surface area (Å²) in [6.07, 6.45) is 2.55. The van der Waals surface area contributed by atoms with Gasteiger partial charge in [0.2, 0.25) is 0 Å². The molecule has 1 atom stereocenters. The van der Waals surface area contributed by atoms with Crippen molar-refractivity contribution in [2.24, 2.45) is 5.92 Å². The second kappa shape index (κ2) is 4.30. The van der Waals surface area contributed by atoms with Crippen molar-refractivity contribution in [3.8, 4) is 0 Å². The van der Waals surface area contributed by atoms with E-state index in [1.54, 1.807) is 11.3 Å². The Morgan fingerprint density at radius 3 is 2.88 bits per heavy atom. The lowest BCUT2D eigenvalue weighted by Crippen LogP contribution is -2.47. The van der Waals surface area contributed by atoms with Crippen LogP contribution in [0.1, 0.15) is 17.7 Å². The van der Waals surface area contributed by atoms with Crippen molar-refractivity contribution in [3.05, 3.63) is 21.3 Å². The third kappa shape index (κ3) is 1.90. The van der Waals surface area contributed by atoms with Crippen molar-refractivity contribution in [3.63, 3.8) is 0 Å². The van der Waals surface area contributed by atoms with Gasteiger partial charge in [0.1, 0.15) is 0 Å². The minimum absolute atomic E-state index is 0.272. The van der Waals surface area contributed by atoms with E-state index >= 15 is 0 Å². The Balaban J connectivity index is 1.77. The van der Waals surface area contributed by atoms with E-state index in [9.17, 15) is 0 Å². The van der Waals surface area contributed by atoms with Gasteiger partial charge >= 0.3 is 0 Å². The minimum Gasteiger partial charge on any atom is -0.379 e. The van der Waals surface area contributed by atoms with Crippen LogP contribution in [0.4, 0.5) is 0 Å². The molecule has 0 bridgehead atoms. The molecule has 2 fully saturated rings. The molecular formula is C12H16ClNOS. The summed E-state index contributed by atoms with van der Waals surface area (Å²) >= 11 is 7.75. The first-order valence-electron chi connectivity index (χ1n) is 5.83. The van der Waals surface area contributed by atoms with Crippen molar-refractivity contribution < 1.29 is 4.74 Å². The van der Waals surface area contributed by atoms with Crippen LogP contribution in [-0.4, -0.2) is 26.3 Å². The number of thiophene rings is 1. The molecule has 16 heavy (non-hydrogen) atoms. The van der Waals surface area contributed by atoms with E-state index in [4.69, 9.17) is 16.3 Å². The molecule has 1 aromatic rings. The third-order valence-electron chi connectivity index (χ3n) is 3.69. The lowest BCUT2D eigenvalue weighted by atomic mass is 9.76. The summed E-state index contributed by atoms with van der Waals surface area (Å²) in [5.74, 6) is 0.810. The lowest BCUT2D eigenvalue weighted by Gasteiger charge is -2.42. The molecule has 0 aliphatic carbocycles. The van der Waals surface area contributed by atoms with Gasteiger partial charge in [-0.1, -0.05) is 11.6 Å². The standard InChI is InChI=1S/C12H16ClNOS/c13-11-2-1-10(16-11)12(7-15-8-12)5-9-3-4-14-6-9/h1-2,9,14H,3-8H2. The number of ether oxygens (including phenoxy) is 1.